The molecule has 1 N–H and O–H groups in total. The van der Waals surface area contributed by atoms with Crippen LogP contribution in [-0.4, -0.2) is 5.91 Å². The lowest BCUT2D eigenvalue weighted by Gasteiger charge is -2.06. The number of halogens is 1. The average molecular weight is 308 g/mol. The molecule has 3 aromatic rings. The van der Waals surface area contributed by atoms with E-state index in [0.717, 1.165) is 22.0 Å². The molecule has 0 aromatic heterocycles. The molecule has 3 heteroatoms. The Kier molecular flexibility index (Phi) is 4.22. The van der Waals surface area contributed by atoms with E-state index >= 15 is 0 Å². The van der Waals surface area contributed by atoms with Crippen LogP contribution in [-0.2, 0) is 4.79 Å². The lowest BCUT2D eigenvalue weighted by Crippen LogP contribution is -2.07. The van der Waals surface area contributed by atoms with Crippen molar-refractivity contribution in [2.45, 2.75) is 0 Å². The van der Waals surface area contributed by atoms with Crippen LogP contribution in [0.25, 0.3) is 16.8 Å². The first-order chi connectivity index (χ1) is 10.7. The molecule has 3 aromatic carbocycles. The largest absolute Gasteiger partial charge is 0.322 e. The van der Waals surface area contributed by atoms with Crippen LogP contribution in [0.5, 0.6) is 0 Å². The van der Waals surface area contributed by atoms with Crippen LogP contribution in [0, 0.1) is 0 Å². The van der Waals surface area contributed by atoms with Gasteiger partial charge in [-0.1, -0.05) is 60.1 Å². The molecular weight excluding hydrogens is 294 g/mol. The second kappa shape index (κ2) is 6.46. The fourth-order valence-corrected chi connectivity index (χ4v) is 2.38. The number of carbonyl (C=O) groups excluding carboxylic acids is 1. The summed E-state index contributed by atoms with van der Waals surface area (Å²) in [4.78, 5) is 12.1. The second-order valence-electron chi connectivity index (χ2n) is 4.90. The van der Waals surface area contributed by atoms with Crippen LogP contribution in [0.3, 0.4) is 0 Å². The molecule has 0 aliphatic rings. The van der Waals surface area contributed by atoms with Crippen molar-refractivity contribution in [3.63, 3.8) is 0 Å². The number of amides is 1. The van der Waals surface area contributed by atoms with Gasteiger partial charge in [-0.15, -0.1) is 0 Å². The number of nitrogens with one attached hydrogen (secondary N) is 1. The number of benzene rings is 3. The van der Waals surface area contributed by atoms with E-state index in [-0.39, 0.29) is 5.91 Å². The van der Waals surface area contributed by atoms with Crippen molar-refractivity contribution in [2.75, 3.05) is 5.32 Å². The maximum absolute atomic E-state index is 12.1. The summed E-state index contributed by atoms with van der Waals surface area (Å²) in [7, 11) is 0. The molecule has 108 valence electrons. The third-order valence-electron chi connectivity index (χ3n) is 3.34. The van der Waals surface area contributed by atoms with Crippen LogP contribution in [0.15, 0.2) is 72.8 Å². The molecule has 0 unspecified atom stereocenters. The Hall–Kier alpha value is -2.58. The van der Waals surface area contributed by atoms with Crippen molar-refractivity contribution >= 4 is 40.0 Å². The minimum Gasteiger partial charge on any atom is -0.322 e. The summed E-state index contributed by atoms with van der Waals surface area (Å²) in [6, 6.07) is 21.1. The molecule has 0 fully saturated rings. The summed E-state index contributed by atoms with van der Waals surface area (Å²) in [5.41, 5.74) is 1.74. The van der Waals surface area contributed by atoms with Crippen molar-refractivity contribution in [2.24, 2.45) is 0 Å². The lowest BCUT2D eigenvalue weighted by molar-refractivity contribution is -0.111. The minimum absolute atomic E-state index is 0.161. The molecule has 0 saturated carbocycles. The summed E-state index contributed by atoms with van der Waals surface area (Å²) in [5.74, 6) is -0.161. The highest BCUT2D eigenvalue weighted by Crippen LogP contribution is 2.22. The SMILES string of the molecule is O=C(/C=C/c1ccc(Cl)cc1)Nc1cccc2ccccc12. The van der Waals surface area contributed by atoms with E-state index in [1.54, 1.807) is 18.2 Å². The number of rotatable bonds is 3. The monoisotopic (exact) mass is 307 g/mol. The van der Waals surface area contributed by atoms with Crippen molar-refractivity contribution in [3.8, 4) is 0 Å². The van der Waals surface area contributed by atoms with Crippen LogP contribution in [0.1, 0.15) is 5.56 Å². The van der Waals surface area contributed by atoms with Gasteiger partial charge < -0.3 is 5.32 Å². The zero-order valence-corrected chi connectivity index (χ0v) is 12.5. The Labute approximate surface area is 134 Å². The van der Waals surface area contributed by atoms with Crippen LogP contribution >= 0.6 is 11.6 Å². The van der Waals surface area contributed by atoms with Gasteiger partial charge in [0.15, 0.2) is 0 Å². The molecule has 0 aliphatic heterocycles. The predicted molar refractivity (Wildman–Crippen MR) is 93.1 cm³/mol. The fourth-order valence-electron chi connectivity index (χ4n) is 2.25. The number of carbonyl (C=O) groups is 1. The predicted octanol–water partition coefficient (Wildman–Crippen LogP) is 5.15. The molecule has 0 spiro atoms. The molecule has 3 rings (SSSR count). The van der Waals surface area contributed by atoms with E-state index < -0.39 is 0 Å². The second-order valence-corrected chi connectivity index (χ2v) is 5.34. The standard InChI is InChI=1S/C19H14ClNO/c20-16-11-8-14(9-12-16)10-13-19(22)21-18-7-3-5-15-4-1-2-6-17(15)18/h1-13H,(H,21,22)/b13-10+. The first kappa shape index (κ1) is 14.4. The average Bonchev–Trinajstić information content (AvgIpc) is 2.55. The van der Waals surface area contributed by atoms with Crippen molar-refractivity contribution in [1.29, 1.82) is 0 Å². The Bertz CT molecular complexity index is 832. The third-order valence-corrected chi connectivity index (χ3v) is 3.60. The zero-order chi connectivity index (χ0) is 15.4. The number of anilines is 1. The van der Waals surface area contributed by atoms with Crippen LogP contribution in [0.2, 0.25) is 5.02 Å². The highest BCUT2D eigenvalue weighted by Gasteiger charge is 2.02. The van der Waals surface area contributed by atoms with Gasteiger partial charge in [-0.25, -0.2) is 0 Å². The highest BCUT2D eigenvalue weighted by atomic mass is 35.5. The summed E-state index contributed by atoms with van der Waals surface area (Å²) >= 11 is 5.83. The van der Waals surface area contributed by atoms with Gasteiger partial charge in [-0.2, -0.15) is 0 Å². The van der Waals surface area contributed by atoms with Gasteiger partial charge in [0.25, 0.3) is 0 Å². The molecule has 0 heterocycles. The van der Waals surface area contributed by atoms with Gasteiger partial charge in [0, 0.05) is 22.2 Å². The molecular formula is C19H14ClNO. The summed E-state index contributed by atoms with van der Waals surface area (Å²) in [5, 5.41) is 5.72. The van der Waals surface area contributed by atoms with Gasteiger partial charge in [0.1, 0.15) is 0 Å². The number of fused-ring (bicyclic) bond motifs is 1. The zero-order valence-electron chi connectivity index (χ0n) is 11.8. The maximum Gasteiger partial charge on any atom is 0.248 e. The molecule has 0 atom stereocenters. The smallest absolute Gasteiger partial charge is 0.248 e. The Morgan fingerprint density at radius 3 is 2.45 bits per heavy atom. The van der Waals surface area contributed by atoms with Crippen molar-refractivity contribution in [1.82, 2.24) is 0 Å². The number of hydrogen-bond donors (Lipinski definition) is 1. The van der Waals surface area contributed by atoms with E-state index in [9.17, 15) is 4.79 Å². The van der Waals surface area contributed by atoms with Crippen LogP contribution in [0.4, 0.5) is 5.69 Å². The topological polar surface area (TPSA) is 29.1 Å². The van der Waals surface area contributed by atoms with E-state index in [4.69, 9.17) is 11.6 Å². The summed E-state index contributed by atoms with van der Waals surface area (Å²) < 4.78 is 0. The summed E-state index contributed by atoms with van der Waals surface area (Å²) in [6.07, 6.45) is 3.28. The van der Waals surface area contributed by atoms with Gasteiger partial charge in [0.05, 0.1) is 0 Å². The van der Waals surface area contributed by atoms with Gasteiger partial charge in [-0.3, -0.25) is 4.79 Å². The first-order valence-corrected chi connectivity index (χ1v) is 7.32. The Balaban J connectivity index is 1.77. The third kappa shape index (κ3) is 3.35. The first-order valence-electron chi connectivity index (χ1n) is 6.95. The molecule has 2 nitrogen and oxygen atoms in total. The molecule has 22 heavy (non-hydrogen) atoms. The minimum atomic E-state index is -0.161. The quantitative estimate of drug-likeness (QED) is 0.666. The van der Waals surface area contributed by atoms with E-state index in [0.29, 0.717) is 5.02 Å². The molecule has 0 bridgehead atoms. The van der Waals surface area contributed by atoms with Gasteiger partial charge >= 0.3 is 0 Å². The molecule has 0 saturated heterocycles. The maximum atomic E-state index is 12.1. The van der Waals surface area contributed by atoms with Crippen molar-refractivity contribution < 1.29 is 4.79 Å². The van der Waals surface area contributed by atoms with Crippen LogP contribution < -0.4 is 5.32 Å². The van der Waals surface area contributed by atoms with Gasteiger partial charge in [0.2, 0.25) is 5.91 Å². The lowest BCUT2D eigenvalue weighted by atomic mass is 10.1. The Morgan fingerprint density at radius 1 is 0.909 bits per heavy atom. The highest BCUT2D eigenvalue weighted by molar-refractivity contribution is 6.30. The van der Waals surface area contributed by atoms with Gasteiger partial charge in [-0.05, 0) is 35.2 Å². The van der Waals surface area contributed by atoms with E-state index in [1.165, 1.54) is 6.08 Å². The number of hydrogen-bond acceptors (Lipinski definition) is 1. The molecule has 0 radical (unpaired) electrons. The van der Waals surface area contributed by atoms with E-state index in [1.807, 2.05) is 54.6 Å². The van der Waals surface area contributed by atoms with Crippen molar-refractivity contribution in [3.05, 3.63) is 83.4 Å². The fraction of sp³-hybridized carbons (Fsp3) is 0. The summed E-state index contributed by atoms with van der Waals surface area (Å²) in [6.45, 7) is 0. The van der Waals surface area contributed by atoms with E-state index in [2.05, 4.69) is 5.32 Å². The molecule has 0 aliphatic carbocycles. The Morgan fingerprint density at radius 2 is 1.64 bits per heavy atom. The molecule has 1 amide bonds. The normalized spacial score (nSPS) is 11.0.